The van der Waals surface area contributed by atoms with Gasteiger partial charge in [0.05, 0.1) is 11.1 Å². The highest BCUT2D eigenvalue weighted by atomic mass is 35.5. The summed E-state index contributed by atoms with van der Waals surface area (Å²) in [5, 5.41) is 4.71. The van der Waals surface area contributed by atoms with Crippen LogP contribution in [0.15, 0.2) is 36.5 Å². The predicted molar refractivity (Wildman–Crippen MR) is 123 cm³/mol. The highest BCUT2D eigenvalue weighted by Gasteiger charge is 2.20. The number of rotatable bonds is 1. The summed E-state index contributed by atoms with van der Waals surface area (Å²) in [6.07, 6.45) is 9.32. The van der Waals surface area contributed by atoms with Crippen molar-refractivity contribution in [3.63, 3.8) is 0 Å². The van der Waals surface area contributed by atoms with Crippen LogP contribution in [-0.2, 0) is 19.4 Å². The maximum atomic E-state index is 13.3. The first kappa shape index (κ1) is 20.7. The molecule has 0 bridgehead atoms. The van der Waals surface area contributed by atoms with E-state index in [1.165, 1.54) is 5.56 Å². The molecule has 1 aromatic carbocycles. The van der Waals surface area contributed by atoms with Crippen LogP contribution in [0.5, 0.6) is 0 Å². The number of amides is 1. The van der Waals surface area contributed by atoms with E-state index >= 15 is 0 Å². The fourth-order valence-electron chi connectivity index (χ4n) is 4.43. The van der Waals surface area contributed by atoms with Gasteiger partial charge in [-0.15, -0.1) is 0 Å². The summed E-state index contributed by atoms with van der Waals surface area (Å²) in [6.45, 7) is 8.79. The third-order valence-corrected chi connectivity index (χ3v) is 6.06. The number of allylic oxidation sites excluding steroid dienone is 2. The van der Waals surface area contributed by atoms with E-state index in [0.29, 0.717) is 17.1 Å². The lowest BCUT2D eigenvalue weighted by atomic mass is 10.0. The SMILES string of the molecule is Cc1cc2c(c(C)n1)CNC(=O)c1cc(Cl)cc3c1c(cn3C(C)C)C/C=C\CC2. The number of carbonyl (C=O) groups excluding carboxylic acids is 1. The Kier molecular flexibility index (Phi) is 5.70. The van der Waals surface area contributed by atoms with Crippen molar-refractivity contribution >= 4 is 28.4 Å². The quantitative estimate of drug-likeness (QED) is 0.500. The number of benzene rings is 1. The maximum absolute atomic E-state index is 13.3. The molecule has 156 valence electrons. The molecule has 3 aromatic rings. The van der Waals surface area contributed by atoms with E-state index in [1.807, 2.05) is 19.9 Å². The zero-order chi connectivity index (χ0) is 21.4. The molecule has 0 fully saturated rings. The maximum Gasteiger partial charge on any atom is 0.252 e. The number of fused-ring (bicyclic) bond motifs is 1. The molecule has 0 spiro atoms. The fourth-order valence-corrected chi connectivity index (χ4v) is 4.64. The van der Waals surface area contributed by atoms with E-state index in [1.54, 1.807) is 6.07 Å². The minimum absolute atomic E-state index is 0.0978. The van der Waals surface area contributed by atoms with Crippen LogP contribution in [0.3, 0.4) is 0 Å². The lowest BCUT2D eigenvalue weighted by molar-refractivity contribution is 0.0952. The highest BCUT2D eigenvalue weighted by Crippen LogP contribution is 2.32. The number of pyridine rings is 1. The summed E-state index contributed by atoms with van der Waals surface area (Å²) in [6, 6.07) is 6.17. The molecular weight excluding hydrogens is 394 g/mol. The van der Waals surface area contributed by atoms with Crippen molar-refractivity contribution in [3.8, 4) is 0 Å². The first-order chi connectivity index (χ1) is 14.3. The van der Waals surface area contributed by atoms with Gasteiger partial charge < -0.3 is 9.88 Å². The molecule has 2 aromatic heterocycles. The van der Waals surface area contributed by atoms with E-state index in [9.17, 15) is 4.79 Å². The van der Waals surface area contributed by atoms with Crippen molar-refractivity contribution in [3.05, 3.63) is 75.2 Å². The first-order valence-corrected chi connectivity index (χ1v) is 10.9. The second-order valence-corrected chi connectivity index (χ2v) is 8.82. The molecule has 1 aliphatic heterocycles. The summed E-state index contributed by atoms with van der Waals surface area (Å²) in [7, 11) is 0. The van der Waals surface area contributed by atoms with Crippen LogP contribution in [0.25, 0.3) is 10.9 Å². The zero-order valence-corrected chi connectivity index (χ0v) is 18.8. The fraction of sp³-hybridized carbons (Fsp3) is 0.360. The largest absolute Gasteiger partial charge is 0.348 e. The van der Waals surface area contributed by atoms with Gasteiger partial charge in [-0.1, -0.05) is 23.8 Å². The topological polar surface area (TPSA) is 46.9 Å². The minimum Gasteiger partial charge on any atom is -0.348 e. The van der Waals surface area contributed by atoms with Gasteiger partial charge in [0, 0.05) is 40.6 Å². The van der Waals surface area contributed by atoms with Crippen LogP contribution in [0.2, 0.25) is 5.02 Å². The third kappa shape index (κ3) is 3.89. The zero-order valence-electron chi connectivity index (χ0n) is 18.1. The van der Waals surface area contributed by atoms with E-state index in [4.69, 9.17) is 11.6 Å². The van der Waals surface area contributed by atoms with Crippen LogP contribution in [0.4, 0.5) is 0 Å². The molecule has 4 rings (SSSR count). The van der Waals surface area contributed by atoms with Crippen LogP contribution in [-0.4, -0.2) is 15.5 Å². The average Bonchev–Trinajstić information content (AvgIpc) is 3.04. The Morgan fingerprint density at radius 3 is 2.70 bits per heavy atom. The Labute approximate surface area is 183 Å². The molecule has 0 radical (unpaired) electrons. The van der Waals surface area contributed by atoms with Crippen molar-refractivity contribution in [1.82, 2.24) is 14.9 Å². The molecule has 0 saturated carbocycles. The molecular formula is C25H28ClN3O. The second kappa shape index (κ2) is 8.27. The molecule has 0 unspecified atom stereocenters. The molecule has 0 aliphatic carbocycles. The highest BCUT2D eigenvalue weighted by molar-refractivity contribution is 6.32. The number of halogens is 1. The van der Waals surface area contributed by atoms with Crippen molar-refractivity contribution < 1.29 is 4.79 Å². The van der Waals surface area contributed by atoms with Crippen LogP contribution in [0.1, 0.15) is 64.7 Å². The Balaban J connectivity index is 1.85. The Morgan fingerprint density at radius 2 is 1.93 bits per heavy atom. The van der Waals surface area contributed by atoms with Gasteiger partial charge in [-0.2, -0.15) is 0 Å². The monoisotopic (exact) mass is 421 g/mol. The van der Waals surface area contributed by atoms with Gasteiger partial charge in [0.2, 0.25) is 0 Å². The molecule has 1 N–H and O–H groups in total. The van der Waals surface area contributed by atoms with E-state index in [0.717, 1.165) is 52.7 Å². The van der Waals surface area contributed by atoms with Gasteiger partial charge in [-0.25, -0.2) is 0 Å². The summed E-state index contributed by atoms with van der Waals surface area (Å²) < 4.78 is 2.21. The number of hydrogen-bond acceptors (Lipinski definition) is 2. The number of aromatic nitrogens is 2. The Morgan fingerprint density at radius 1 is 1.13 bits per heavy atom. The van der Waals surface area contributed by atoms with Crippen molar-refractivity contribution in [2.75, 3.05) is 0 Å². The van der Waals surface area contributed by atoms with Crippen LogP contribution in [0, 0.1) is 13.8 Å². The molecule has 1 amide bonds. The summed E-state index contributed by atoms with van der Waals surface area (Å²) in [4.78, 5) is 17.9. The van der Waals surface area contributed by atoms with Crippen molar-refractivity contribution in [2.45, 2.75) is 59.5 Å². The lowest BCUT2D eigenvalue weighted by Gasteiger charge is -2.15. The number of carbonyl (C=O) groups is 1. The van der Waals surface area contributed by atoms with E-state index in [2.05, 4.69) is 53.1 Å². The van der Waals surface area contributed by atoms with E-state index < -0.39 is 0 Å². The van der Waals surface area contributed by atoms with Gasteiger partial charge in [0.1, 0.15) is 0 Å². The van der Waals surface area contributed by atoms with Gasteiger partial charge in [0.15, 0.2) is 0 Å². The average molecular weight is 422 g/mol. The standard InChI is InChI=1S/C25H28ClN3O/c1-15(2)29-14-19-9-7-5-6-8-18-10-16(3)28-17(4)22(18)13-27-25(30)21-11-20(26)12-23(29)24(19)21/h5,7,10-12,14-15H,6,8-9,13H2,1-4H3,(H,27,30)/b7-5-. The van der Waals surface area contributed by atoms with Crippen LogP contribution < -0.4 is 5.32 Å². The van der Waals surface area contributed by atoms with E-state index in [-0.39, 0.29) is 11.9 Å². The summed E-state index contributed by atoms with van der Waals surface area (Å²) >= 11 is 6.44. The van der Waals surface area contributed by atoms with Crippen LogP contribution >= 0.6 is 11.6 Å². The first-order valence-electron chi connectivity index (χ1n) is 10.6. The molecule has 30 heavy (non-hydrogen) atoms. The summed E-state index contributed by atoms with van der Waals surface area (Å²) in [5.41, 5.74) is 7.16. The molecule has 0 atom stereocenters. The van der Waals surface area contributed by atoms with Crippen molar-refractivity contribution in [2.24, 2.45) is 0 Å². The van der Waals surface area contributed by atoms with Gasteiger partial charge >= 0.3 is 0 Å². The summed E-state index contributed by atoms with van der Waals surface area (Å²) in [5.74, 6) is -0.0978. The lowest BCUT2D eigenvalue weighted by Crippen LogP contribution is -2.24. The minimum atomic E-state index is -0.0978. The van der Waals surface area contributed by atoms with Crippen molar-refractivity contribution in [1.29, 1.82) is 0 Å². The normalized spacial score (nSPS) is 15.9. The number of nitrogens with zero attached hydrogens (tertiary/aromatic N) is 2. The smallest absolute Gasteiger partial charge is 0.252 e. The number of aryl methyl sites for hydroxylation is 3. The third-order valence-electron chi connectivity index (χ3n) is 5.84. The Bertz CT molecular complexity index is 1160. The molecule has 0 saturated heterocycles. The number of nitrogens with one attached hydrogen (secondary N) is 1. The predicted octanol–water partition coefficient (Wildman–Crippen LogP) is 5.86. The van der Waals surface area contributed by atoms with Gasteiger partial charge in [-0.3, -0.25) is 9.78 Å². The molecule has 5 heteroatoms. The molecule has 3 heterocycles. The Hall–Kier alpha value is -2.59. The molecule has 1 aliphatic rings. The number of hydrogen-bond donors (Lipinski definition) is 1. The van der Waals surface area contributed by atoms with Gasteiger partial charge in [0.25, 0.3) is 5.91 Å². The molecule has 4 nitrogen and oxygen atoms in total. The second-order valence-electron chi connectivity index (χ2n) is 8.39. The van der Waals surface area contributed by atoms with Gasteiger partial charge in [-0.05, 0) is 81.8 Å².